The Balaban J connectivity index is 1.42. The molecule has 0 aliphatic rings. The van der Waals surface area contributed by atoms with Crippen LogP contribution in [0.3, 0.4) is 0 Å². The van der Waals surface area contributed by atoms with Crippen molar-refractivity contribution in [1.82, 2.24) is 24.7 Å². The molecule has 7 nitrogen and oxygen atoms in total. The first kappa shape index (κ1) is 21.5. The monoisotopic (exact) mass is 454 g/mol. The first-order valence-corrected chi connectivity index (χ1v) is 11.1. The topological polar surface area (TPSA) is 77.8 Å². The molecular formula is C26H23FN6O. The quantitative estimate of drug-likeness (QED) is 0.292. The van der Waals surface area contributed by atoms with E-state index in [1.165, 1.54) is 18.7 Å². The summed E-state index contributed by atoms with van der Waals surface area (Å²) >= 11 is 0. The molecule has 8 heteroatoms. The first-order valence-electron chi connectivity index (χ1n) is 11.1. The van der Waals surface area contributed by atoms with E-state index in [2.05, 4.69) is 32.3 Å². The summed E-state index contributed by atoms with van der Waals surface area (Å²) in [7, 11) is 0. The lowest BCUT2D eigenvalue weighted by molar-refractivity contribution is 0.294. The van der Waals surface area contributed by atoms with E-state index in [0.29, 0.717) is 12.4 Å². The van der Waals surface area contributed by atoms with Gasteiger partial charge in [0.2, 0.25) is 0 Å². The second-order valence-corrected chi connectivity index (χ2v) is 7.81. The van der Waals surface area contributed by atoms with Crippen molar-refractivity contribution in [3.8, 4) is 22.6 Å². The predicted octanol–water partition coefficient (Wildman–Crippen LogP) is 5.94. The largest absolute Gasteiger partial charge is 0.491 e. The fourth-order valence-electron chi connectivity index (χ4n) is 3.64. The van der Waals surface area contributed by atoms with E-state index in [0.717, 1.165) is 46.2 Å². The van der Waals surface area contributed by atoms with E-state index in [1.807, 2.05) is 48.5 Å². The lowest BCUT2D eigenvalue weighted by atomic mass is 10.0. The Morgan fingerprint density at radius 1 is 0.941 bits per heavy atom. The highest BCUT2D eigenvalue weighted by atomic mass is 19.1. The van der Waals surface area contributed by atoms with Gasteiger partial charge >= 0.3 is 0 Å². The Hall–Kier alpha value is -4.33. The predicted molar refractivity (Wildman–Crippen MR) is 130 cm³/mol. The maximum absolute atomic E-state index is 14.6. The molecule has 5 rings (SSSR count). The van der Waals surface area contributed by atoms with Gasteiger partial charge in [0.05, 0.1) is 17.8 Å². The van der Waals surface area contributed by atoms with Gasteiger partial charge in [0.15, 0.2) is 11.6 Å². The summed E-state index contributed by atoms with van der Waals surface area (Å²) in [5, 5.41) is 8.33. The molecule has 2 heterocycles. The maximum Gasteiger partial charge on any atom is 0.165 e. The number of ether oxygens (including phenoxy) is 1. The van der Waals surface area contributed by atoms with Crippen LogP contribution in [0.2, 0.25) is 0 Å². The highest BCUT2D eigenvalue weighted by Crippen LogP contribution is 2.31. The van der Waals surface area contributed by atoms with Gasteiger partial charge in [-0.25, -0.2) is 24.0 Å². The number of fused-ring (bicyclic) bond motifs is 1. The summed E-state index contributed by atoms with van der Waals surface area (Å²) in [5.74, 6) is 0.571. The third-order valence-electron chi connectivity index (χ3n) is 5.47. The maximum atomic E-state index is 14.6. The van der Waals surface area contributed by atoms with Crippen LogP contribution >= 0.6 is 0 Å². The van der Waals surface area contributed by atoms with Gasteiger partial charge in [-0.2, -0.15) is 5.10 Å². The molecule has 0 amide bonds. The Morgan fingerprint density at radius 3 is 2.53 bits per heavy atom. The second kappa shape index (κ2) is 9.66. The van der Waals surface area contributed by atoms with Gasteiger partial charge in [0.1, 0.15) is 24.8 Å². The van der Waals surface area contributed by atoms with Gasteiger partial charge in [-0.3, -0.25) is 0 Å². The summed E-state index contributed by atoms with van der Waals surface area (Å²) in [6.45, 7) is 2.58. The summed E-state index contributed by atoms with van der Waals surface area (Å²) in [5.41, 5.74) is 4.19. The number of benzene rings is 3. The molecular weight excluding hydrogens is 431 g/mol. The molecule has 0 atom stereocenters. The van der Waals surface area contributed by atoms with Gasteiger partial charge in [-0.1, -0.05) is 25.5 Å². The Labute approximate surface area is 196 Å². The smallest absolute Gasteiger partial charge is 0.165 e. The number of unbranched alkanes of at least 4 members (excludes halogenated alkanes) is 1. The minimum atomic E-state index is -0.371. The molecule has 2 aromatic heterocycles. The minimum absolute atomic E-state index is 0.276. The Morgan fingerprint density at radius 2 is 1.76 bits per heavy atom. The lowest BCUT2D eigenvalue weighted by Crippen LogP contribution is -1.99. The van der Waals surface area contributed by atoms with Crippen LogP contribution in [0.5, 0.6) is 5.75 Å². The molecule has 0 unspecified atom stereocenters. The number of aromatic nitrogens is 5. The zero-order chi connectivity index (χ0) is 23.3. The SMILES string of the molecule is CCCCOc1ccc(-c2ccc3ncnc(Nc4ccc(-n5cncn5)cc4)c3c2)cc1F. The van der Waals surface area contributed by atoms with Gasteiger partial charge in [0.25, 0.3) is 0 Å². The summed E-state index contributed by atoms with van der Waals surface area (Å²) in [6.07, 6.45) is 6.56. The first-order chi connectivity index (χ1) is 16.7. The molecule has 5 aromatic rings. The number of halogens is 1. The van der Waals surface area contributed by atoms with Crippen molar-refractivity contribution in [3.05, 3.63) is 85.5 Å². The van der Waals surface area contributed by atoms with E-state index < -0.39 is 0 Å². The summed E-state index contributed by atoms with van der Waals surface area (Å²) in [4.78, 5) is 12.8. The number of hydrogen-bond donors (Lipinski definition) is 1. The van der Waals surface area contributed by atoms with Crippen LogP contribution in [0, 0.1) is 5.82 Å². The van der Waals surface area contributed by atoms with Crippen molar-refractivity contribution >= 4 is 22.4 Å². The van der Waals surface area contributed by atoms with Crippen LogP contribution in [0.25, 0.3) is 27.7 Å². The number of nitrogens with zero attached hydrogens (tertiary/aromatic N) is 5. The molecule has 3 aromatic carbocycles. The van der Waals surface area contributed by atoms with Crippen molar-refractivity contribution in [2.75, 3.05) is 11.9 Å². The average Bonchev–Trinajstić information content (AvgIpc) is 3.41. The molecule has 1 N–H and O–H groups in total. The third kappa shape index (κ3) is 4.56. The summed E-state index contributed by atoms with van der Waals surface area (Å²) < 4.78 is 21.8. The molecule has 0 fully saturated rings. The molecule has 0 bridgehead atoms. The molecule has 0 saturated heterocycles. The van der Waals surface area contributed by atoms with E-state index in [4.69, 9.17) is 4.74 Å². The van der Waals surface area contributed by atoms with E-state index in [9.17, 15) is 4.39 Å². The Bertz CT molecular complexity index is 1400. The fourth-order valence-corrected chi connectivity index (χ4v) is 3.64. The normalized spacial score (nSPS) is 11.0. The second-order valence-electron chi connectivity index (χ2n) is 7.81. The number of hydrogen-bond acceptors (Lipinski definition) is 6. The zero-order valence-electron chi connectivity index (χ0n) is 18.6. The van der Waals surface area contributed by atoms with Gasteiger partial charge in [0, 0.05) is 11.1 Å². The minimum Gasteiger partial charge on any atom is -0.491 e. The molecule has 0 spiro atoms. The van der Waals surface area contributed by atoms with Gasteiger partial charge in [-0.15, -0.1) is 0 Å². The van der Waals surface area contributed by atoms with Crippen molar-refractivity contribution in [2.45, 2.75) is 19.8 Å². The van der Waals surface area contributed by atoms with Gasteiger partial charge < -0.3 is 10.1 Å². The van der Waals surface area contributed by atoms with Crippen molar-refractivity contribution in [3.63, 3.8) is 0 Å². The van der Waals surface area contributed by atoms with Gasteiger partial charge in [-0.05, 0) is 66.1 Å². The molecule has 170 valence electrons. The molecule has 34 heavy (non-hydrogen) atoms. The van der Waals surface area contributed by atoms with Crippen molar-refractivity contribution in [1.29, 1.82) is 0 Å². The lowest BCUT2D eigenvalue weighted by Gasteiger charge is -2.11. The van der Waals surface area contributed by atoms with E-state index in [-0.39, 0.29) is 11.6 Å². The molecule has 0 radical (unpaired) electrons. The highest BCUT2D eigenvalue weighted by Gasteiger charge is 2.10. The molecule has 0 saturated carbocycles. The average molecular weight is 455 g/mol. The van der Waals surface area contributed by atoms with Crippen LogP contribution in [0.4, 0.5) is 15.9 Å². The van der Waals surface area contributed by atoms with Crippen LogP contribution in [0.15, 0.2) is 79.6 Å². The number of rotatable bonds is 8. The van der Waals surface area contributed by atoms with E-state index >= 15 is 0 Å². The number of anilines is 2. The highest BCUT2D eigenvalue weighted by molar-refractivity contribution is 5.93. The van der Waals surface area contributed by atoms with Crippen LogP contribution in [-0.4, -0.2) is 31.3 Å². The molecule has 0 aliphatic carbocycles. The third-order valence-corrected chi connectivity index (χ3v) is 5.47. The Kier molecular flexibility index (Phi) is 6.11. The van der Waals surface area contributed by atoms with Crippen molar-refractivity contribution in [2.24, 2.45) is 0 Å². The van der Waals surface area contributed by atoms with Crippen molar-refractivity contribution < 1.29 is 9.13 Å². The number of nitrogens with one attached hydrogen (secondary N) is 1. The molecule has 0 aliphatic heterocycles. The van der Waals surface area contributed by atoms with E-state index in [1.54, 1.807) is 17.1 Å². The van der Waals surface area contributed by atoms with Crippen LogP contribution in [0.1, 0.15) is 19.8 Å². The fraction of sp³-hybridized carbons (Fsp3) is 0.154. The van der Waals surface area contributed by atoms with Crippen LogP contribution in [-0.2, 0) is 0 Å². The summed E-state index contributed by atoms with van der Waals surface area (Å²) in [6, 6.07) is 18.6. The van der Waals surface area contributed by atoms with Crippen LogP contribution < -0.4 is 10.1 Å². The standard InChI is InChI=1S/C26H23FN6O/c1-2-3-12-34-25-11-5-19(14-23(25)27)18-4-10-24-22(13-18)26(30-16-29-24)32-20-6-8-21(9-7-20)33-17-28-15-31-33/h4-11,13-17H,2-3,12H2,1H3,(H,29,30,32). The zero-order valence-corrected chi connectivity index (χ0v) is 18.6.